The number of hydrogen-bond acceptors (Lipinski definition) is 4. The molecule has 1 rings (SSSR count). The molecule has 0 amide bonds. The second kappa shape index (κ2) is 24.5. The highest BCUT2D eigenvalue weighted by atomic mass is 16.5. The van der Waals surface area contributed by atoms with E-state index in [1.165, 1.54) is 96.3 Å². The fraction of sp³-hybridized carbons (Fsp3) is 0.906. The van der Waals surface area contributed by atoms with Gasteiger partial charge in [-0.05, 0) is 57.8 Å². The van der Waals surface area contributed by atoms with E-state index in [1.54, 1.807) is 0 Å². The predicted octanol–water partition coefficient (Wildman–Crippen LogP) is 8.80. The van der Waals surface area contributed by atoms with Crippen LogP contribution < -0.4 is 5.32 Å². The van der Waals surface area contributed by atoms with Crippen LogP contribution in [0.25, 0.3) is 0 Å². The van der Waals surface area contributed by atoms with Crippen LogP contribution in [0.15, 0.2) is 12.2 Å². The van der Waals surface area contributed by atoms with E-state index in [2.05, 4.69) is 31.3 Å². The van der Waals surface area contributed by atoms with Crippen molar-refractivity contribution in [3.8, 4) is 0 Å². The summed E-state index contributed by atoms with van der Waals surface area (Å²) in [5.74, 6) is -0.0171. The van der Waals surface area contributed by atoms with Gasteiger partial charge >= 0.3 is 5.97 Å². The highest BCUT2D eigenvalue weighted by molar-refractivity contribution is 5.69. The molecule has 0 saturated heterocycles. The normalized spacial score (nSPS) is 19.1. The van der Waals surface area contributed by atoms with Crippen LogP contribution in [-0.2, 0) is 9.53 Å². The first-order valence-electron chi connectivity index (χ1n) is 15.9. The molecule has 2 N–H and O–H groups in total. The molecule has 4 nitrogen and oxygen atoms in total. The fourth-order valence-electron chi connectivity index (χ4n) is 5.28. The van der Waals surface area contributed by atoms with E-state index in [9.17, 15) is 9.90 Å². The third-order valence-corrected chi connectivity index (χ3v) is 7.60. The molecule has 0 bridgehead atoms. The van der Waals surface area contributed by atoms with E-state index in [1.807, 2.05) is 0 Å². The number of nitrogens with one attached hydrogen (secondary N) is 1. The van der Waals surface area contributed by atoms with Crippen molar-refractivity contribution in [2.45, 2.75) is 180 Å². The summed E-state index contributed by atoms with van der Waals surface area (Å²) >= 11 is 0. The number of aliphatic hydroxyl groups excluding tert-OH is 1. The van der Waals surface area contributed by atoms with Gasteiger partial charge in [-0.2, -0.15) is 0 Å². The third-order valence-electron chi connectivity index (χ3n) is 7.60. The summed E-state index contributed by atoms with van der Waals surface area (Å²) in [6.07, 6.45) is 31.5. The first-order valence-corrected chi connectivity index (χ1v) is 15.9. The number of esters is 1. The lowest BCUT2D eigenvalue weighted by atomic mass is 9.92. The van der Waals surface area contributed by atoms with Crippen molar-refractivity contribution in [1.82, 2.24) is 5.32 Å². The van der Waals surface area contributed by atoms with Gasteiger partial charge < -0.3 is 15.2 Å². The van der Waals surface area contributed by atoms with Gasteiger partial charge in [-0.3, -0.25) is 4.79 Å². The van der Waals surface area contributed by atoms with Crippen molar-refractivity contribution in [3.63, 3.8) is 0 Å². The molecule has 0 aliphatic heterocycles. The van der Waals surface area contributed by atoms with Crippen molar-refractivity contribution in [1.29, 1.82) is 0 Å². The quantitative estimate of drug-likeness (QED) is 0.0778. The minimum atomic E-state index is -0.134. The second-order valence-electron chi connectivity index (χ2n) is 11.2. The average molecular weight is 508 g/mol. The first-order chi connectivity index (χ1) is 17.7. The minimum Gasteiger partial charge on any atom is -0.466 e. The van der Waals surface area contributed by atoms with E-state index < -0.39 is 0 Å². The molecule has 1 fully saturated rings. The number of rotatable bonds is 24. The summed E-state index contributed by atoms with van der Waals surface area (Å²) in [6.45, 7) is 5.10. The van der Waals surface area contributed by atoms with E-state index in [0.29, 0.717) is 25.1 Å². The highest BCUT2D eigenvalue weighted by Crippen LogP contribution is 2.20. The molecule has 0 spiro atoms. The molecule has 3 atom stereocenters. The maximum atomic E-state index is 12.0. The Morgan fingerprint density at radius 3 is 2.22 bits per heavy atom. The summed E-state index contributed by atoms with van der Waals surface area (Å²) in [5, 5.41) is 13.9. The van der Waals surface area contributed by atoms with Gasteiger partial charge in [-0.1, -0.05) is 109 Å². The van der Waals surface area contributed by atoms with E-state index in [-0.39, 0.29) is 12.1 Å². The Morgan fingerprint density at radius 2 is 1.50 bits per heavy atom. The number of hydrogen-bond donors (Lipinski definition) is 2. The molecular weight excluding hydrogens is 446 g/mol. The SMILES string of the molecule is CCCCCCCC/C=C\C(CCCCCCC(=O)OCCCCCCCC)NC1CCCC(O)C1. The zero-order chi connectivity index (χ0) is 26.1. The standard InChI is InChI=1S/C32H61NO3/c1-3-5-7-9-11-12-13-17-22-29(33-30-24-21-25-31(34)28-30)23-18-14-15-19-26-32(35)36-27-20-16-10-8-6-4-2/h17,22,29-31,33-34H,3-16,18-21,23-28H2,1-2H3/b22-17-. The summed E-state index contributed by atoms with van der Waals surface area (Å²) in [7, 11) is 0. The molecular formula is C32H61NO3. The van der Waals surface area contributed by atoms with Crippen LogP contribution in [0.2, 0.25) is 0 Å². The smallest absolute Gasteiger partial charge is 0.305 e. The van der Waals surface area contributed by atoms with Crippen molar-refractivity contribution in [2.24, 2.45) is 0 Å². The van der Waals surface area contributed by atoms with Crippen LogP contribution in [0, 0.1) is 0 Å². The number of aliphatic hydroxyl groups is 1. The Hall–Kier alpha value is -0.870. The molecule has 0 aromatic carbocycles. The molecule has 1 aliphatic carbocycles. The highest BCUT2D eigenvalue weighted by Gasteiger charge is 2.21. The molecule has 1 aliphatic rings. The first kappa shape index (κ1) is 33.2. The van der Waals surface area contributed by atoms with Crippen molar-refractivity contribution in [2.75, 3.05) is 6.61 Å². The minimum absolute atomic E-state index is 0.0171. The largest absolute Gasteiger partial charge is 0.466 e. The Kier molecular flexibility index (Phi) is 22.5. The van der Waals surface area contributed by atoms with Gasteiger partial charge in [0.1, 0.15) is 0 Å². The zero-order valence-electron chi connectivity index (χ0n) is 24.1. The third kappa shape index (κ3) is 20.2. The average Bonchev–Trinajstić information content (AvgIpc) is 2.87. The summed E-state index contributed by atoms with van der Waals surface area (Å²) in [5.41, 5.74) is 0. The Balaban J connectivity index is 2.17. The number of unbranched alkanes of at least 4 members (excludes halogenated alkanes) is 14. The van der Waals surface area contributed by atoms with Crippen LogP contribution in [0.4, 0.5) is 0 Å². The molecule has 0 radical (unpaired) electrons. The monoisotopic (exact) mass is 507 g/mol. The van der Waals surface area contributed by atoms with Crippen LogP contribution in [0.1, 0.15) is 162 Å². The molecule has 0 aromatic rings. The lowest BCUT2D eigenvalue weighted by molar-refractivity contribution is -0.143. The topological polar surface area (TPSA) is 58.6 Å². The van der Waals surface area contributed by atoms with Gasteiger partial charge in [-0.15, -0.1) is 0 Å². The van der Waals surface area contributed by atoms with Crippen molar-refractivity contribution >= 4 is 5.97 Å². The van der Waals surface area contributed by atoms with Gasteiger partial charge in [0.25, 0.3) is 0 Å². The van der Waals surface area contributed by atoms with Gasteiger partial charge in [0.15, 0.2) is 0 Å². The summed E-state index contributed by atoms with van der Waals surface area (Å²) in [4.78, 5) is 12.0. The molecule has 212 valence electrons. The summed E-state index contributed by atoms with van der Waals surface area (Å²) in [6, 6.07) is 0.849. The zero-order valence-corrected chi connectivity index (χ0v) is 24.1. The Morgan fingerprint density at radius 1 is 0.861 bits per heavy atom. The second-order valence-corrected chi connectivity index (χ2v) is 11.2. The van der Waals surface area contributed by atoms with E-state index in [0.717, 1.165) is 44.9 Å². The van der Waals surface area contributed by atoms with Crippen LogP contribution in [0.3, 0.4) is 0 Å². The molecule has 0 heterocycles. The lowest BCUT2D eigenvalue weighted by Crippen LogP contribution is -2.41. The molecule has 1 saturated carbocycles. The Labute approximate surface area is 224 Å². The van der Waals surface area contributed by atoms with Crippen molar-refractivity contribution in [3.05, 3.63) is 12.2 Å². The maximum absolute atomic E-state index is 12.0. The molecule has 4 heteroatoms. The van der Waals surface area contributed by atoms with E-state index in [4.69, 9.17) is 4.74 Å². The molecule has 0 aromatic heterocycles. The van der Waals surface area contributed by atoms with Gasteiger partial charge in [-0.25, -0.2) is 0 Å². The van der Waals surface area contributed by atoms with Crippen LogP contribution in [0.5, 0.6) is 0 Å². The number of carbonyl (C=O) groups excluding carboxylic acids is 1. The number of allylic oxidation sites excluding steroid dienone is 1. The number of carbonyl (C=O) groups is 1. The fourth-order valence-corrected chi connectivity index (χ4v) is 5.28. The molecule has 3 unspecified atom stereocenters. The Bertz CT molecular complexity index is 522. The van der Waals surface area contributed by atoms with Gasteiger partial charge in [0.2, 0.25) is 0 Å². The van der Waals surface area contributed by atoms with Crippen LogP contribution in [-0.4, -0.2) is 35.9 Å². The summed E-state index contributed by atoms with van der Waals surface area (Å²) < 4.78 is 5.40. The van der Waals surface area contributed by atoms with Gasteiger partial charge in [0.05, 0.1) is 12.7 Å². The van der Waals surface area contributed by atoms with Crippen molar-refractivity contribution < 1.29 is 14.6 Å². The maximum Gasteiger partial charge on any atom is 0.305 e. The lowest BCUT2D eigenvalue weighted by Gasteiger charge is -2.30. The number of ether oxygens (including phenoxy) is 1. The van der Waals surface area contributed by atoms with E-state index >= 15 is 0 Å². The van der Waals surface area contributed by atoms with Crippen LogP contribution >= 0.6 is 0 Å². The molecule has 36 heavy (non-hydrogen) atoms. The van der Waals surface area contributed by atoms with Gasteiger partial charge in [0, 0.05) is 18.5 Å². The predicted molar refractivity (Wildman–Crippen MR) is 154 cm³/mol.